The summed E-state index contributed by atoms with van der Waals surface area (Å²) in [7, 11) is 1.63. The topological polar surface area (TPSA) is 63.0 Å². The molecule has 6 nitrogen and oxygen atoms in total. The molecule has 0 unspecified atom stereocenters. The molecule has 1 aliphatic heterocycles. The number of methoxy groups -OCH3 is 1. The molecule has 0 radical (unpaired) electrons. The van der Waals surface area contributed by atoms with Crippen molar-refractivity contribution in [1.82, 2.24) is 9.80 Å². The zero-order valence-electron chi connectivity index (χ0n) is 14.6. The van der Waals surface area contributed by atoms with Gasteiger partial charge >= 0.3 is 0 Å². The van der Waals surface area contributed by atoms with E-state index in [0.717, 1.165) is 11.3 Å². The standard InChI is InChI=1S/C19H21BrN2O4/c1-25-16-5-2-14(3-6-16)4-7-18(23)21-8-10-22(11-9-21)19(24)15-12-17(20)26-13-15/h2-3,5-6,12-13H,4,7-11H2,1H3. The van der Waals surface area contributed by atoms with Gasteiger partial charge in [0.1, 0.15) is 12.0 Å². The van der Waals surface area contributed by atoms with E-state index in [0.29, 0.717) is 49.3 Å². The van der Waals surface area contributed by atoms with Gasteiger partial charge in [-0.05, 0) is 40.0 Å². The summed E-state index contributed by atoms with van der Waals surface area (Å²) in [6, 6.07) is 9.42. The Bertz CT molecular complexity index is 764. The van der Waals surface area contributed by atoms with Crippen molar-refractivity contribution in [2.75, 3.05) is 33.3 Å². The number of carbonyl (C=O) groups is 2. The summed E-state index contributed by atoms with van der Waals surface area (Å²) in [5, 5.41) is 0. The van der Waals surface area contributed by atoms with E-state index < -0.39 is 0 Å². The predicted molar refractivity (Wildman–Crippen MR) is 100 cm³/mol. The van der Waals surface area contributed by atoms with Gasteiger partial charge in [-0.1, -0.05) is 12.1 Å². The fraction of sp³-hybridized carbons (Fsp3) is 0.368. The molecule has 0 saturated carbocycles. The molecule has 0 bridgehead atoms. The van der Waals surface area contributed by atoms with Gasteiger partial charge < -0.3 is 19.0 Å². The molecule has 0 spiro atoms. The second-order valence-electron chi connectivity index (χ2n) is 6.16. The van der Waals surface area contributed by atoms with Crippen LogP contribution in [-0.2, 0) is 11.2 Å². The zero-order chi connectivity index (χ0) is 18.5. The average molecular weight is 421 g/mol. The summed E-state index contributed by atoms with van der Waals surface area (Å²) in [5.74, 6) is 0.870. The Morgan fingerprint density at radius 2 is 1.77 bits per heavy atom. The number of ether oxygens (including phenoxy) is 1. The van der Waals surface area contributed by atoms with E-state index in [4.69, 9.17) is 9.15 Å². The lowest BCUT2D eigenvalue weighted by Crippen LogP contribution is -2.50. The number of furan rings is 1. The molecule has 0 aliphatic carbocycles. The van der Waals surface area contributed by atoms with E-state index in [-0.39, 0.29) is 11.8 Å². The normalized spacial score (nSPS) is 14.4. The number of rotatable bonds is 5. The maximum Gasteiger partial charge on any atom is 0.257 e. The van der Waals surface area contributed by atoms with Crippen LogP contribution < -0.4 is 4.74 Å². The van der Waals surface area contributed by atoms with Crippen LogP contribution in [0.1, 0.15) is 22.3 Å². The Hall–Kier alpha value is -2.28. The average Bonchev–Trinajstić information content (AvgIpc) is 3.12. The Kier molecular flexibility index (Phi) is 5.98. The first kappa shape index (κ1) is 18.5. The number of amides is 2. The van der Waals surface area contributed by atoms with Crippen molar-refractivity contribution in [3.8, 4) is 5.75 Å². The van der Waals surface area contributed by atoms with E-state index in [1.165, 1.54) is 6.26 Å². The Labute approximate surface area is 160 Å². The number of benzene rings is 1. The molecule has 1 aromatic carbocycles. The zero-order valence-corrected chi connectivity index (χ0v) is 16.2. The van der Waals surface area contributed by atoms with Gasteiger partial charge in [0.15, 0.2) is 4.67 Å². The van der Waals surface area contributed by atoms with Crippen molar-refractivity contribution in [3.63, 3.8) is 0 Å². The number of aryl methyl sites for hydroxylation is 1. The molecule has 7 heteroatoms. The van der Waals surface area contributed by atoms with E-state index in [1.807, 2.05) is 29.2 Å². The number of halogens is 1. The summed E-state index contributed by atoms with van der Waals surface area (Å²) < 4.78 is 10.8. The SMILES string of the molecule is COc1ccc(CCC(=O)N2CCN(C(=O)c3coc(Br)c3)CC2)cc1. The van der Waals surface area contributed by atoms with Crippen LogP contribution in [0.5, 0.6) is 5.75 Å². The second kappa shape index (κ2) is 8.40. The minimum atomic E-state index is -0.0650. The first-order valence-electron chi connectivity index (χ1n) is 8.51. The van der Waals surface area contributed by atoms with Crippen molar-refractivity contribution in [2.24, 2.45) is 0 Å². The van der Waals surface area contributed by atoms with Crippen molar-refractivity contribution < 1.29 is 18.7 Å². The largest absolute Gasteiger partial charge is 0.497 e. The highest BCUT2D eigenvalue weighted by Crippen LogP contribution is 2.17. The maximum absolute atomic E-state index is 12.4. The van der Waals surface area contributed by atoms with Gasteiger partial charge in [0.05, 0.1) is 12.7 Å². The molecule has 1 saturated heterocycles. The highest BCUT2D eigenvalue weighted by atomic mass is 79.9. The van der Waals surface area contributed by atoms with E-state index in [2.05, 4.69) is 15.9 Å². The summed E-state index contributed by atoms with van der Waals surface area (Å²) in [4.78, 5) is 28.4. The molecule has 2 heterocycles. The van der Waals surface area contributed by atoms with E-state index >= 15 is 0 Å². The van der Waals surface area contributed by atoms with Crippen LogP contribution in [0.15, 0.2) is 45.7 Å². The number of nitrogens with zero attached hydrogens (tertiary/aromatic N) is 2. The quantitative estimate of drug-likeness (QED) is 0.745. The first-order chi connectivity index (χ1) is 12.6. The van der Waals surface area contributed by atoms with Crippen LogP contribution in [0.4, 0.5) is 0 Å². The lowest BCUT2D eigenvalue weighted by Gasteiger charge is -2.34. The monoisotopic (exact) mass is 420 g/mol. The van der Waals surface area contributed by atoms with Gasteiger partial charge in [-0.25, -0.2) is 0 Å². The van der Waals surface area contributed by atoms with Crippen LogP contribution >= 0.6 is 15.9 Å². The number of hydrogen-bond donors (Lipinski definition) is 0. The highest BCUT2D eigenvalue weighted by Gasteiger charge is 2.25. The highest BCUT2D eigenvalue weighted by molar-refractivity contribution is 9.10. The van der Waals surface area contributed by atoms with Crippen LogP contribution in [0.25, 0.3) is 0 Å². The fourth-order valence-electron chi connectivity index (χ4n) is 2.97. The van der Waals surface area contributed by atoms with Crippen molar-refractivity contribution >= 4 is 27.7 Å². The Morgan fingerprint density at radius 3 is 2.35 bits per heavy atom. The molecule has 1 aliphatic rings. The Balaban J connectivity index is 1.46. The third-order valence-electron chi connectivity index (χ3n) is 4.52. The second-order valence-corrected chi connectivity index (χ2v) is 6.94. The Morgan fingerprint density at radius 1 is 1.12 bits per heavy atom. The maximum atomic E-state index is 12.4. The van der Waals surface area contributed by atoms with Crippen LogP contribution in [0.3, 0.4) is 0 Å². The minimum Gasteiger partial charge on any atom is -0.497 e. The van der Waals surface area contributed by atoms with Crippen molar-refractivity contribution in [3.05, 3.63) is 52.4 Å². The lowest BCUT2D eigenvalue weighted by atomic mass is 10.1. The molecular weight excluding hydrogens is 400 g/mol. The summed E-state index contributed by atoms with van der Waals surface area (Å²) in [6.45, 7) is 2.20. The van der Waals surface area contributed by atoms with Crippen molar-refractivity contribution in [1.29, 1.82) is 0 Å². The molecule has 1 fully saturated rings. The molecule has 1 aromatic heterocycles. The van der Waals surface area contributed by atoms with Gasteiger partial charge in [-0.3, -0.25) is 9.59 Å². The third kappa shape index (κ3) is 4.46. The van der Waals surface area contributed by atoms with Crippen LogP contribution in [-0.4, -0.2) is 54.9 Å². The first-order valence-corrected chi connectivity index (χ1v) is 9.30. The third-order valence-corrected chi connectivity index (χ3v) is 4.94. The fourth-order valence-corrected chi connectivity index (χ4v) is 3.31. The van der Waals surface area contributed by atoms with Gasteiger partial charge in [0.2, 0.25) is 5.91 Å². The van der Waals surface area contributed by atoms with E-state index in [9.17, 15) is 9.59 Å². The van der Waals surface area contributed by atoms with Gasteiger partial charge in [-0.15, -0.1) is 0 Å². The lowest BCUT2D eigenvalue weighted by molar-refractivity contribution is -0.132. The van der Waals surface area contributed by atoms with Crippen LogP contribution in [0, 0.1) is 0 Å². The van der Waals surface area contributed by atoms with Crippen molar-refractivity contribution in [2.45, 2.75) is 12.8 Å². The van der Waals surface area contributed by atoms with Gasteiger partial charge in [0, 0.05) is 38.7 Å². The number of piperazine rings is 1. The minimum absolute atomic E-state index is 0.0650. The number of carbonyl (C=O) groups excluding carboxylic acids is 2. The predicted octanol–water partition coefficient (Wildman–Crippen LogP) is 2.97. The number of hydrogen-bond acceptors (Lipinski definition) is 4. The molecule has 2 amide bonds. The summed E-state index contributed by atoms with van der Waals surface area (Å²) >= 11 is 3.20. The molecular formula is C19H21BrN2O4. The molecule has 138 valence electrons. The molecule has 26 heavy (non-hydrogen) atoms. The smallest absolute Gasteiger partial charge is 0.257 e. The van der Waals surface area contributed by atoms with Crippen LogP contribution in [0.2, 0.25) is 0 Å². The molecule has 0 N–H and O–H groups in total. The molecule has 2 aromatic rings. The van der Waals surface area contributed by atoms with Gasteiger partial charge in [0.25, 0.3) is 5.91 Å². The molecule has 0 atom stereocenters. The summed E-state index contributed by atoms with van der Waals surface area (Å²) in [5.41, 5.74) is 1.63. The van der Waals surface area contributed by atoms with Gasteiger partial charge in [-0.2, -0.15) is 0 Å². The molecule has 3 rings (SSSR count). The van der Waals surface area contributed by atoms with E-state index in [1.54, 1.807) is 18.1 Å². The summed E-state index contributed by atoms with van der Waals surface area (Å²) in [6.07, 6.45) is 2.61.